The highest BCUT2D eigenvalue weighted by atomic mass is 16.6. The zero-order valence-electron chi connectivity index (χ0n) is 12.7. The van der Waals surface area contributed by atoms with Gasteiger partial charge < -0.3 is 15.2 Å². The van der Waals surface area contributed by atoms with E-state index in [0.717, 1.165) is 0 Å². The van der Waals surface area contributed by atoms with Gasteiger partial charge in [-0.15, -0.1) is 0 Å². The van der Waals surface area contributed by atoms with E-state index in [-0.39, 0.29) is 23.4 Å². The van der Waals surface area contributed by atoms with Crippen molar-refractivity contribution >= 4 is 17.6 Å². The highest BCUT2D eigenvalue weighted by molar-refractivity contribution is 5.96. The first kappa shape index (κ1) is 16.9. The molecule has 1 heterocycles. The van der Waals surface area contributed by atoms with Gasteiger partial charge in [0.25, 0.3) is 11.6 Å². The molecule has 1 aromatic carbocycles. The number of nitro groups is 1. The third-order valence-corrected chi connectivity index (χ3v) is 4.24. The number of nitro benzene ring substituents is 1. The van der Waals surface area contributed by atoms with Crippen LogP contribution in [-0.4, -0.2) is 41.7 Å². The second-order valence-corrected chi connectivity index (χ2v) is 5.59. The molecule has 1 aromatic rings. The summed E-state index contributed by atoms with van der Waals surface area (Å²) in [5.41, 5.74) is -0.766. The van der Waals surface area contributed by atoms with E-state index in [1.54, 1.807) is 0 Å². The highest BCUT2D eigenvalue weighted by Gasteiger charge is 2.40. The van der Waals surface area contributed by atoms with E-state index in [1.807, 2.05) is 0 Å². The van der Waals surface area contributed by atoms with Gasteiger partial charge in [-0.3, -0.25) is 19.7 Å². The predicted molar refractivity (Wildman–Crippen MR) is 80.3 cm³/mol. The van der Waals surface area contributed by atoms with E-state index < -0.39 is 22.2 Å². The van der Waals surface area contributed by atoms with Crippen molar-refractivity contribution in [1.29, 1.82) is 0 Å². The Kier molecular flexibility index (Phi) is 4.95. The van der Waals surface area contributed by atoms with Gasteiger partial charge in [0.05, 0.1) is 10.3 Å². The largest absolute Gasteiger partial charge is 0.481 e. The summed E-state index contributed by atoms with van der Waals surface area (Å²) in [4.78, 5) is 34.2. The number of hydrogen-bond acceptors (Lipinski definition) is 5. The zero-order valence-corrected chi connectivity index (χ0v) is 12.7. The van der Waals surface area contributed by atoms with E-state index >= 15 is 0 Å². The molecule has 0 aromatic heterocycles. The summed E-state index contributed by atoms with van der Waals surface area (Å²) in [5.74, 6) is -1.49. The Morgan fingerprint density at radius 2 is 2.04 bits per heavy atom. The number of nitrogens with one attached hydrogen (secondary N) is 1. The van der Waals surface area contributed by atoms with E-state index in [1.165, 1.54) is 25.1 Å². The van der Waals surface area contributed by atoms with Crippen molar-refractivity contribution in [1.82, 2.24) is 5.32 Å². The Bertz CT molecular complexity index is 637. The average molecular weight is 322 g/mol. The molecule has 23 heavy (non-hydrogen) atoms. The van der Waals surface area contributed by atoms with Crippen molar-refractivity contribution < 1.29 is 24.4 Å². The first-order chi connectivity index (χ1) is 10.9. The zero-order chi connectivity index (χ0) is 17.0. The summed E-state index contributed by atoms with van der Waals surface area (Å²) in [6, 6.07) is 4.24. The fourth-order valence-electron chi connectivity index (χ4n) is 2.64. The lowest BCUT2D eigenvalue weighted by Crippen LogP contribution is -2.46. The molecule has 0 atom stereocenters. The highest BCUT2D eigenvalue weighted by Crippen LogP contribution is 2.30. The maximum atomic E-state index is 12.3. The van der Waals surface area contributed by atoms with Gasteiger partial charge in [-0.1, -0.05) is 6.07 Å². The lowest BCUT2D eigenvalue weighted by atomic mass is 9.80. The molecule has 0 spiro atoms. The summed E-state index contributed by atoms with van der Waals surface area (Å²) < 4.78 is 5.18. The quantitative estimate of drug-likeness (QED) is 0.626. The topological polar surface area (TPSA) is 119 Å². The Hall–Kier alpha value is -2.48. The van der Waals surface area contributed by atoms with Gasteiger partial charge in [0.15, 0.2) is 0 Å². The maximum absolute atomic E-state index is 12.3. The molecule has 0 unspecified atom stereocenters. The number of ether oxygens (including phenoxy) is 1. The number of nitrogens with zero attached hydrogens (tertiary/aromatic N) is 1. The van der Waals surface area contributed by atoms with Crippen molar-refractivity contribution in [3.8, 4) is 0 Å². The minimum absolute atomic E-state index is 0.0351. The van der Waals surface area contributed by atoms with Crippen LogP contribution in [0.3, 0.4) is 0 Å². The lowest BCUT2D eigenvalue weighted by Gasteiger charge is -2.33. The Morgan fingerprint density at radius 1 is 1.39 bits per heavy atom. The smallest absolute Gasteiger partial charge is 0.311 e. The molecule has 0 aliphatic carbocycles. The Morgan fingerprint density at radius 3 is 2.61 bits per heavy atom. The minimum Gasteiger partial charge on any atom is -0.481 e. The number of aliphatic carboxylic acids is 1. The van der Waals surface area contributed by atoms with Crippen molar-refractivity contribution in [2.75, 3.05) is 19.8 Å². The molecule has 0 radical (unpaired) electrons. The van der Waals surface area contributed by atoms with Gasteiger partial charge in [0.1, 0.15) is 0 Å². The molecule has 1 fully saturated rings. The van der Waals surface area contributed by atoms with Crippen molar-refractivity contribution in [2.24, 2.45) is 5.41 Å². The number of hydrogen-bond donors (Lipinski definition) is 2. The number of carboxylic acids is 1. The number of benzene rings is 1. The van der Waals surface area contributed by atoms with Gasteiger partial charge in [0, 0.05) is 37.0 Å². The van der Waals surface area contributed by atoms with Gasteiger partial charge >= 0.3 is 5.97 Å². The Balaban J connectivity index is 2.14. The number of amides is 1. The second-order valence-electron chi connectivity index (χ2n) is 5.59. The normalized spacial score (nSPS) is 16.6. The van der Waals surface area contributed by atoms with Crippen LogP contribution in [0.2, 0.25) is 0 Å². The molecule has 8 heteroatoms. The van der Waals surface area contributed by atoms with Crippen LogP contribution in [0, 0.1) is 22.5 Å². The fraction of sp³-hybridized carbons (Fsp3) is 0.467. The molecule has 124 valence electrons. The van der Waals surface area contributed by atoms with Gasteiger partial charge in [0.2, 0.25) is 0 Å². The van der Waals surface area contributed by atoms with Crippen LogP contribution in [0.1, 0.15) is 28.8 Å². The minimum atomic E-state index is -1.05. The third-order valence-electron chi connectivity index (χ3n) is 4.24. The molecular weight excluding hydrogens is 304 g/mol. The van der Waals surface area contributed by atoms with Crippen LogP contribution in [0.5, 0.6) is 0 Å². The van der Waals surface area contributed by atoms with Crippen molar-refractivity contribution in [3.63, 3.8) is 0 Å². The summed E-state index contributed by atoms with van der Waals surface area (Å²) in [7, 11) is 0. The van der Waals surface area contributed by atoms with Crippen LogP contribution in [0.15, 0.2) is 18.2 Å². The third kappa shape index (κ3) is 3.48. The van der Waals surface area contributed by atoms with Gasteiger partial charge in [-0.05, 0) is 25.8 Å². The molecule has 0 saturated carbocycles. The Labute approximate surface area is 132 Å². The number of carbonyl (C=O) groups excluding carboxylic acids is 1. The molecule has 2 N–H and O–H groups in total. The van der Waals surface area contributed by atoms with E-state index in [4.69, 9.17) is 4.74 Å². The first-order valence-electron chi connectivity index (χ1n) is 7.21. The van der Waals surface area contributed by atoms with Crippen molar-refractivity contribution in [2.45, 2.75) is 19.8 Å². The van der Waals surface area contributed by atoms with E-state index in [2.05, 4.69) is 5.32 Å². The maximum Gasteiger partial charge on any atom is 0.311 e. The number of carbonyl (C=O) groups is 2. The molecule has 1 saturated heterocycles. The SMILES string of the molecule is Cc1c(C(=O)NCC2(C(=O)O)CCOCC2)cccc1[N+](=O)[O-]. The molecule has 1 amide bonds. The van der Waals surface area contributed by atoms with E-state index in [0.29, 0.717) is 26.1 Å². The van der Waals surface area contributed by atoms with Crippen LogP contribution in [-0.2, 0) is 9.53 Å². The second kappa shape index (κ2) is 6.74. The van der Waals surface area contributed by atoms with Gasteiger partial charge in [-0.25, -0.2) is 0 Å². The molecule has 0 bridgehead atoms. The van der Waals surface area contributed by atoms with Crippen LogP contribution < -0.4 is 5.32 Å². The molecule has 2 rings (SSSR count). The molecule has 1 aliphatic rings. The fourth-order valence-corrected chi connectivity index (χ4v) is 2.64. The van der Waals surface area contributed by atoms with Crippen LogP contribution >= 0.6 is 0 Å². The van der Waals surface area contributed by atoms with Crippen LogP contribution in [0.25, 0.3) is 0 Å². The standard InChI is InChI=1S/C15H18N2O6/c1-10-11(3-2-4-12(10)17(21)22)13(18)16-9-15(14(19)20)5-7-23-8-6-15/h2-4H,5-9H2,1H3,(H,16,18)(H,19,20). The summed E-state index contributed by atoms with van der Waals surface area (Å²) in [6.07, 6.45) is 0.632. The van der Waals surface area contributed by atoms with Crippen molar-refractivity contribution in [3.05, 3.63) is 39.4 Å². The lowest BCUT2D eigenvalue weighted by molar-refractivity contribution is -0.385. The summed E-state index contributed by atoms with van der Waals surface area (Å²) >= 11 is 0. The van der Waals surface area contributed by atoms with Gasteiger partial charge in [-0.2, -0.15) is 0 Å². The predicted octanol–water partition coefficient (Wildman–Crippen LogP) is 1.51. The average Bonchev–Trinajstić information content (AvgIpc) is 2.53. The molecular formula is C15H18N2O6. The first-order valence-corrected chi connectivity index (χ1v) is 7.21. The molecule has 1 aliphatic heterocycles. The monoisotopic (exact) mass is 322 g/mol. The molecule has 8 nitrogen and oxygen atoms in total. The summed E-state index contributed by atoms with van der Waals surface area (Å²) in [6.45, 7) is 2.12. The number of rotatable bonds is 5. The van der Waals surface area contributed by atoms with E-state index in [9.17, 15) is 24.8 Å². The van der Waals surface area contributed by atoms with Crippen LogP contribution in [0.4, 0.5) is 5.69 Å². The summed E-state index contributed by atoms with van der Waals surface area (Å²) in [5, 5.41) is 23.0. The number of carboxylic acid groups (broad SMARTS) is 1.